The first-order chi connectivity index (χ1) is 9.54. The second-order valence-electron chi connectivity index (χ2n) is 4.56. The first-order valence-corrected chi connectivity index (χ1v) is 7.67. The molecule has 0 aliphatic rings. The molecule has 0 heterocycles. The van der Waals surface area contributed by atoms with Crippen LogP contribution in [0.4, 0.5) is 11.4 Å². The highest BCUT2D eigenvalue weighted by molar-refractivity contribution is 9.10. The summed E-state index contributed by atoms with van der Waals surface area (Å²) >= 11 is 8.64. The Morgan fingerprint density at radius 2 is 1.90 bits per heavy atom. The van der Waals surface area contributed by atoms with Crippen LogP contribution in [0.2, 0.25) is 0 Å². The third-order valence-electron chi connectivity index (χ3n) is 3.25. The number of aryl methyl sites for hydroxylation is 1. The molecule has 4 heteroatoms. The smallest absolute Gasteiger partial charge is 0.104 e. The highest BCUT2D eigenvalue weighted by Crippen LogP contribution is 2.34. The summed E-state index contributed by atoms with van der Waals surface area (Å²) in [7, 11) is 0. The van der Waals surface area contributed by atoms with E-state index in [2.05, 4.69) is 65.0 Å². The molecule has 2 aromatic carbocycles. The van der Waals surface area contributed by atoms with Gasteiger partial charge in [0.15, 0.2) is 0 Å². The number of hydrogen-bond acceptors (Lipinski definition) is 2. The van der Waals surface area contributed by atoms with Crippen molar-refractivity contribution in [2.24, 2.45) is 5.73 Å². The van der Waals surface area contributed by atoms with Crippen molar-refractivity contribution in [3.8, 4) is 0 Å². The number of hydrogen-bond donors (Lipinski definition) is 1. The summed E-state index contributed by atoms with van der Waals surface area (Å²) in [5, 5.41) is 0. The van der Waals surface area contributed by atoms with Gasteiger partial charge in [-0.15, -0.1) is 0 Å². The third kappa shape index (κ3) is 3.02. The van der Waals surface area contributed by atoms with Crippen LogP contribution in [0.3, 0.4) is 0 Å². The van der Waals surface area contributed by atoms with Crippen LogP contribution < -0.4 is 10.6 Å². The quantitative estimate of drug-likeness (QED) is 0.821. The molecule has 0 aromatic heterocycles. The zero-order chi connectivity index (χ0) is 14.7. The SMILES string of the molecule is CCN(c1ccccc1C)c1ccc(C(N)=S)cc1Br. The minimum Gasteiger partial charge on any atom is -0.389 e. The molecule has 0 saturated heterocycles. The number of benzene rings is 2. The minimum absolute atomic E-state index is 0.413. The number of thiocarbonyl (C=S) groups is 1. The summed E-state index contributed by atoms with van der Waals surface area (Å²) in [5.74, 6) is 0. The molecule has 20 heavy (non-hydrogen) atoms. The van der Waals surface area contributed by atoms with Gasteiger partial charge in [0, 0.05) is 22.3 Å². The first-order valence-electron chi connectivity index (χ1n) is 6.47. The predicted molar refractivity (Wildman–Crippen MR) is 93.9 cm³/mol. The lowest BCUT2D eigenvalue weighted by molar-refractivity contribution is 1.01. The van der Waals surface area contributed by atoms with E-state index in [9.17, 15) is 0 Å². The molecule has 0 aliphatic carbocycles. The second kappa shape index (κ2) is 6.37. The molecule has 0 amide bonds. The third-order valence-corrected chi connectivity index (χ3v) is 4.12. The monoisotopic (exact) mass is 348 g/mol. The summed E-state index contributed by atoms with van der Waals surface area (Å²) in [4.78, 5) is 2.68. The van der Waals surface area contributed by atoms with E-state index in [-0.39, 0.29) is 0 Å². The molecule has 0 fully saturated rings. The van der Waals surface area contributed by atoms with Gasteiger partial charge in [0.05, 0.1) is 5.69 Å². The predicted octanol–water partition coefficient (Wildman–Crippen LogP) is 4.55. The number of nitrogens with two attached hydrogens (primary N) is 1. The van der Waals surface area contributed by atoms with Gasteiger partial charge in [-0.05, 0) is 59.6 Å². The standard InChI is InChI=1S/C16H17BrN2S/c1-3-19(14-7-5-4-6-11(14)2)15-9-8-12(16(18)20)10-13(15)17/h4-10H,3H2,1-2H3,(H2,18,20). The Bertz CT molecular complexity index is 640. The molecular formula is C16H17BrN2S. The van der Waals surface area contributed by atoms with Gasteiger partial charge in [-0.1, -0.05) is 30.4 Å². The molecule has 0 atom stereocenters. The molecule has 0 unspecified atom stereocenters. The van der Waals surface area contributed by atoms with Crippen LogP contribution >= 0.6 is 28.1 Å². The van der Waals surface area contributed by atoms with Crippen molar-refractivity contribution < 1.29 is 0 Å². The van der Waals surface area contributed by atoms with E-state index in [0.717, 1.165) is 22.3 Å². The van der Waals surface area contributed by atoms with Crippen molar-refractivity contribution in [1.82, 2.24) is 0 Å². The van der Waals surface area contributed by atoms with Gasteiger partial charge >= 0.3 is 0 Å². The van der Waals surface area contributed by atoms with E-state index >= 15 is 0 Å². The minimum atomic E-state index is 0.413. The second-order valence-corrected chi connectivity index (χ2v) is 5.86. The van der Waals surface area contributed by atoms with Gasteiger partial charge in [0.1, 0.15) is 4.99 Å². The number of anilines is 2. The highest BCUT2D eigenvalue weighted by Gasteiger charge is 2.13. The maximum Gasteiger partial charge on any atom is 0.104 e. The molecule has 0 radical (unpaired) electrons. The summed E-state index contributed by atoms with van der Waals surface area (Å²) in [5.41, 5.74) is 10.1. The normalized spacial score (nSPS) is 10.3. The van der Waals surface area contributed by atoms with Gasteiger partial charge in [0.2, 0.25) is 0 Å². The Hall–Kier alpha value is -1.39. The van der Waals surface area contributed by atoms with Crippen molar-refractivity contribution >= 4 is 44.5 Å². The Balaban J connectivity index is 2.48. The highest BCUT2D eigenvalue weighted by atomic mass is 79.9. The van der Waals surface area contributed by atoms with E-state index in [1.807, 2.05) is 12.1 Å². The van der Waals surface area contributed by atoms with Crippen molar-refractivity contribution in [3.63, 3.8) is 0 Å². The van der Waals surface area contributed by atoms with Crippen LogP contribution in [0.25, 0.3) is 0 Å². The van der Waals surface area contributed by atoms with Crippen molar-refractivity contribution in [2.75, 3.05) is 11.4 Å². The molecule has 0 spiro atoms. The number of nitrogens with zero attached hydrogens (tertiary/aromatic N) is 1. The summed E-state index contributed by atoms with van der Waals surface area (Å²) in [6.45, 7) is 5.14. The average Bonchev–Trinajstić information content (AvgIpc) is 2.43. The van der Waals surface area contributed by atoms with Gasteiger partial charge in [-0.3, -0.25) is 0 Å². The lowest BCUT2D eigenvalue weighted by atomic mass is 10.1. The molecular weight excluding hydrogens is 332 g/mol. The Kier molecular flexibility index (Phi) is 4.78. The first kappa shape index (κ1) is 15.0. The van der Waals surface area contributed by atoms with Crippen LogP contribution in [-0.2, 0) is 0 Å². The topological polar surface area (TPSA) is 29.3 Å². The lowest BCUT2D eigenvalue weighted by Crippen LogP contribution is -2.18. The fourth-order valence-electron chi connectivity index (χ4n) is 2.22. The van der Waals surface area contributed by atoms with Crippen LogP contribution in [0.1, 0.15) is 18.1 Å². The fraction of sp³-hybridized carbons (Fsp3) is 0.188. The van der Waals surface area contributed by atoms with Crippen LogP contribution in [0.5, 0.6) is 0 Å². The zero-order valence-electron chi connectivity index (χ0n) is 11.6. The van der Waals surface area contributed by atoms with E-state index < -0.39 is 0 Å². The van der Waals surface area contributed by atoms with E-state index in [0.29, 0.717) is 4.99 Å². The molecule has 2 rings (SSSR count). The van der Waals surface area contributed by atoms with E-state index in [1.54, 1.807) is 0 Å². The fourth-order valence-corrected chi connectivity index (χ4v) is 2.94. The molecule has 0 saturated carbocycles. The van der Waals surface area contributed by atoms with Crippen molar-refractivity contribution in [2.45, 2.75) is 13.8 Å². The van der Waals surface area contributed by atoms with Crippen LogP contribution in [0, 0.1) is 6.92 Å². The molecule has 0 bridgehead atoms. The lowest BCUT2D eigenvalue weighted by Gasteiger charge is -2.26. The number of para-hydroxylation sites is 1. The molecule has 2 N–H and O–H groups in total. The Morgan fingerprint density at radius 1 is 1.20 bits per heavy atom. The van der Waals surface area contributed by atoms with Gasteiger partial charge in [-0.2, -0.15) is 0 Å². The van der Waals surface area contributed by atoms with Crippen molar-refractivity contribution in [1.29, 1.82) is 0 Å². The van der Waals surface area contributed by atoms with Gasteiger partial charge in [0.25, 0.3) is 0 Å². The molecule has 2 aromatic rings. The number of rotatable bonds is 4. The Morgan fingerprint density at radius 3 is 2.45 bits per heavy atom. The van der Waals surface area contributed by atoms with E-state index in [1.165, 1.54) is 11.3 Å². The average molecular weight is 349 g/mol. The van der Waals surface area contributed by atoms with Crippen LogP contribution in [-0.4, -0.2) is 11.5 Å². The maximum atomic E-state index is 5.67. The van der Waals surface area contributed by atoms with Crippen LogP contribution in [0.15, 0.2) is 46.9 Å². The summed E-state index contributed by atoms with van der Waals surface area (Å²) in [6.07, 6.45) is 0. The van der Waals surface area contributed by atoms with Crippen molar-refractivity contribution in [3.05, 3.63) is 58.1 Å². The summed E-state index contributed by atoms with van der Waals surface area (Å²) in [6, 6.07) is 14.3. The zero-order valence-corrected chi connectivity index (χ0v) is 14.0. The summed E-state index contributed by atoms with van der Waals surface area (Å²) < 4.78 is 0.993. The van der Waals surface area contributed by atoms with Gasteiger partial charge in [-0.25, -0.2) is 0 Å². The van der Waals surface area contributed by atoms with Gasteiger partial charge < -0.3 is 10.6 Å². The molecule has 104 valence electrons. The Labute approximate surface area is 133 Å². The van der Waals surface area contributed by atoms with E-state index in [4.69, 9.17) is 18.0 Å². The largest absolute Gasteiger partial charge is 0.389 e. The maximum absolute atomic E-state index is 5.67. The molecule has 2 nitrogen and oxygen atoms in total. The number of halogens is 1. The molecule has 0 aliphatic heterocycles.